The number of thioether (sulfide) groups is 1. The SMILES string of the molecule is COc1ccc2c(CSCCN3CC=C(c4ccccc4)CC3)c[nH]c2c1. The molecule has 1 aromatic heterocycles. The molecule has 0 bridgehead atoms. The third kappa shape index (κ3) is 4.40. The summed E-state index contributed by atoms with van der Waals surface area (Å²) in [5.74, 6) is 3.11. The Bertz CT molecular complexity index is 917. The maximum absolute atomic E-state index is 5.30. The largest absolute Gasteiger partial charge is 0.497 e. The van der Waals surface area contributed by atoms with Crippen LogP contribution in [0.15, 0.2) is 60.8 Å². The molecule has 1 N–H and O–H groups in total. The molecule has 2 heterocycles. The Hall–Kier alpha value is -2.17. The van der Waals surface area contributed by atoms with Crippen molar-refractivity contribution in [2.24, 2.45) is 0 Å². The van der Waals surface area contributed by atoms with E-state index < -0.39 is 0 Å². The molecule has 0 saturated heterocycles. The number of hydrogen-bond acceptors (Lipinski definition) is 3. The van der Waals surface area contributed by atoms with Crippen molar-refractivity contribution in [3.63, 3.8) is 0 Å². The topological polar surface area (TPSA) is 28.3 Å². The smallest absolute Gasteiger partial charge is 0.120 e. The first-order chi connectivity index (χ1) is 13.3. The average Bonchev–Trinajstić information content (AvgIpc) is 3.14. The van der Waals surface area contributed by atoms with Crippen molar-refractivity contribution in [2.75, 3.05) is 32.5 Å². The van der Waals surface area contributed by atoms with Gasteiger partial charge in [0.1, 0.15) is 5.75 Å². The molecule has 27 heavy (non-hydrogen) atoms. The molecule has 3 aromatic rings. The molecule has 0 spiro atoms. The highest BCUT2D eigenvalue weighted by atomic mass is 32.2. The average molecular weight is 379 g/mol. The Morgan fingerprint density at radius 1 is 1.15 bits per heavy atom. The van der Waals surface area contributed by atoms with Crippen molar-refractivity contribution in [1.82, 2.24) is 9.88 Å². The number of fused-ring (bicyclic) bond motifs is 1. The van der Waals surface area contributed by atoms with Gasteiger partial charge in [0.15, 0.2) is 0 Å². The Balaban J connectivity index is 1.25. The number of H-pyrrole nitrogens is 1. The van der Waals surface area contributed by atoms with E-state index >= 15 is 0 Å². The molecule has 2 aromatic carbocycles. The van der Waals surface area contributed by atoms with Crippen LogP contribution in [0.1, 0.15) is 17.5 Å². The Kier molecular flexibility index (Phi) is 5.85. The van der Waals surface area contributed by atoms with Crippen LogP contribution >= 0.6 is 11.8 Å². The fraction of sp³-hybridized carbons (Fsp3) is 0.304. The molecule has 140 valence electrons. The van der Waals surface area contributed by atoms with E-state index in [9.17, 15) is 0 Å². The van der Waals surface area contributed by atoms with Crippen LogP contribution in [0.25, 0.3) is 16.5 Å². The summed E-state index contributed by atoms with van der Waals surface area (Å²) in [6.45, 7) is 3.38. The van der Waals surface area contributed by atoms with Crippen LogP contribution in [0.5, 0.6) is 5.75 Å². The highest BCUT2D eigenvalue weighted by molar-refractivity contribution is 7.98. The summed E-state index contributed by atoms with van der Waals surface area (Å²) in [5, 5.41) is 1.30. The summed E-state index contributed by atoms with van der Waals surface area (Å²) < 4.78 is 5.30. The lowest BCUT2D eigenvalue weighted by molar-refractivity contribution is 0.321. The maximum atomic E-state index is 5.30. The van der Waals surface area contributed by atoms with Crippen LogP contribution in [0, 0.1) is 0 Å². The highest BCUT2D eigenvalue weighted by Crippen LogP contribution is 2.26. The minimum atomic E-state index is 0.900. The number of benzene rings is 2. The predicted octanol–water partition coefficient (Wildman–Crippen LogP) is 5.20. The van der Waals surface area contributed by atoms with Crippen molar-refractivity contribution in [2.45, 2.75) is 12.2 Å². The second kappa shape index (κ2) is 8.68. The number of aromatic nitrogens is 1. The summed E-state index contributed by atoms with van der Waals surface area (Å²) in [6.07, 6.45) is 5.68. The Labute approximate surface area is 165 Å². The standard InChI is InChI=1S/C23H26N2OS/c1-26-21-7-8-22-20(16-24-23(22)15-21)17-27-14-13-25-11-9-19(10-12-25)18-5-3-2-4-6-18/h2-9,15-16,24H,10-14,17H2,1H3. The number of ether oxygens (including phenoxy) is 1. The maximum Gasteiger partial charge on any atom is 0.120 e. The zero-order valence-corrected chi connectivity index (χ0v) is 16.6. The number of nitrogens with zero attached hydrogens (tertiary/aromatic N) is 1. The van der Waals surface area contributed by atoms with Crippen molar-refractivity contribution in [1.29, 1.82) is 0 Å². The molecule has 0 atom stereocenters. The molecule has 0 amide bonds. The van der Waals surface area contributed by atoms with E-state index in [2.05, 4.69) is 64.6 Å². The molecule has 3 nitrogen and oxygen atoms in total. The van der Waals surface area contributed by atoms with Gasteiger partial charge in [-0.1, -0.05) is 36.4 Å². The number of hydrogen-bond donors (Lipinski definition) is 1. The highest BCUT2D eigenvalue weighted by Gasteiger charge is 2.12. The number of nitrogens with one attached hydrogen (secondary N) is 1. The Morgan fingerprint density at radius 2 is 2.04 bits per heavy atom. The van der Waals surface area contributed by atoms with Crippen LogP contribution in [-0.4, -0.2) is 42.4 Å². The molecular formula is C23H26N2OS. The number of aromatic amines is 1. The lowest BCUT2D eigenvalue weighted by Crippen LogP contribution is -2.30. The van der Waals surface area contributed by atoms with Gasteiger partial charge >= 0.3 is 0 Å². The van der Waals surface area contributed by atoms with E-state index in [1.807, 2.05) is 17.8 Å². The lowest BCUT2D eigenvalue weighted by atomic mass is 10.00. The van der Waals surface area contributed by atoms with Crippen molar-refractivity contribution < 1.29 is 4.74 Å². The first-order valence-corrected chi connectivity index (χ1v) is 10.7. The quantitative estimate of drug-likeness (QED) is 0.573. The van der Waals surface area contributed by atoms with E-state index in [0.29, 0.717) is 0 Å². The molecule has 1 aliphatic heterocycles. The fourth-order valence-electron chi connectivity index (χ4n) is 3.62. The molecule has 4 rings (SSSR count). The molecular weight excluding hydrogens is 352 g/mol. The van der Waals surface area contributed by atoms with E-state index in [-0.39, 0.29) is 0 Å². The lowest BCUT2D eigenvalue weighted by Gasteiger charge is -2.26. The molecule has 0 saturated carbocycles. The van der Waals surface area contributed by atoms with Gasteiger partial charge in [-0.2, -0.15) is 11.8 Å². The molecule has 0 fully saturated rings. The summed E-state index contributed by atoms with van der Waals surface area (Å²) in [7, 11) is 1.71. The van der Waals surface area contributed by atoms with Crippen molar-refractivity contribution in [3.8, 4) is 5.75 Å². The van der Waals surface area contributed by atoms with Gasteiger partial charge in [-0.05, 0) is 35.3 Å². The van der Waals surface area contributed by atoms with Gasteiger partial charge in [0.2, 0.25) is 0 Å². The zero-order valence-electron chi connectivity index (χ0n) is 15.8. The minimum absolute atomic E-state index is 0.900. The van der Waals surface area contributed by atoms with Gasteiger partial charge in [0.25, 0.3) is 0 Å². The second-order valence-corrected chi connectivity index (χ2v) is 8.03. The van der Waals surface area contributed by atoms with E-state index in [0.717, 1.165) is 48.8 Å². The number of rotatable bonds is 7. The zero-order chi connectivity index (χ0) is 18.5. The van der Waals surface area contributed by atoms with Crippen molar-refractivity contribution >= 4 is 28.2 Å². The van der Waals surface area contributed by atoms with E-state index in [1.165, 1.54) is 22.1 Å². The van der Waals surface area contributed by atoms with Gasteiger partial charge in [0, 0.05) is 54.3 Å². The van der Waals surface area contributed by atoms with Gasteiger partial charge < -0.3 is 9.72 Å². The summed E-state index contributed by atoms with van der Waals surface area (Å²) >= 11 is 2.01. The summed E-state index contributed by atoms with van der Waals surface area (Å²) in [4.78, 5) is 5.92. The number of methoxy groups -OCH3 is 1. The normalized spacial score (nSPS) is 15.1. The predicted molar refractivity (Wildman–Crippen MR) is 116 cm³/mol. The van der Waals surface area contributed by atoms with Crippen LogP contribution in [-0.2, 0) is 5.75 Å². The van der Waals surface area contributed by atoms with Gasteiger partial charge in [-0.25, -0.2) is 0 Å². The molecule has 0 unspecified atom stereocenters. The summed E-state index contributed by atoms with van der Waals surface area (Å²) in [5.41, 5.74) is 5.40. The fourth-order valence-corrected chi connectivity index (χ4v) is 4.61. The van der Waals surface area contributed by atoms with Gasteiger partial charge in [-0.3, -0.25) is 4.90 Å². The first kappa shape index (κ1) is 18.2. The molecule has 4 heteroatoms. The first-order valence-electron chi connectivity index (χ1n) is 9.52. The van der Waals surface area contributed by atoms with Crippen LogP contribution in [0.4, 0.5) is 0 Å². The third-order valence-corrected chi connectivity index (χ3v) is 6.21. The van der Waals surface area contributed by atoms with Crippen LogP contribution in [0.2, 0.25) is 0 Å². The van der Waals surface area contributed by atoms with E-state index in [4.69, 9.17) is 4.74 Å². The van der Waals surface area contributed by atoms with Gasteiger partial charge in [-0.15, -0.1) is 0 Å². The monoisotopic (exact) mass is 378 g/mol. The van der Waals surface area contributed by atoms with Crippen LogP contribution < -0.4 is 4.74 Å². The molecule has 0 radical (unpaired) electrons. The summed E-state index contributed by atoms with van der Waals surface area (Å²) in [6, 6.07) is 17.0. The Morgan fingerprint density at radius 3 is 2.81 bits per heavy atom. The second-order valence-electron chi connectivity index (χ2n) is 6.92. The van der Waals surface area contributed by atoms with Crippen LogP contribution in [0.3, 0.4) is 0 Å². The minimum Gasteiger partial charge on any atom is -0.497 e. The third-order valence-electron chi connectivity index (χ3n) is 5.22. The van der Waals surface area contributed by atoms with Crippen molar-refractivity contribution in [3.05, 3.63) is 71.9 Å². The molecule has 0 aliphatic carbocycles. The van der Waals surface area contributed by atoms with Gasteiger partial charge in [0.05, 0.1) is 7.11 Å². The molecule has 1 aliphatic rings. The van der Waals surface area contributed by atoms with E-state index in [1.54, 1.807) is 7.11 Å².